The van der Waals surface area contributed by atoms with Crippen molar-refractivity contribution in [2.24, 2.45) is 0 Å². The first kappa shape index (κ1) is 18.0. The number of aromatic nitrogens is 1. The number of nitrogens with zero attached hydrogens (tertiary/aromatic N) is 2. The van der Waals surface area contributed by atoms with Gasteiger partial charge in [0.2, 0.25) is 0 Å². The molecule has 0 aliphatic heterocycles. The molecule has 1 atom stereocenters. The molecule has 0 spiro atoms. The predicted octanol–water partition coefficient (Wildman–Crippen LogP) is 5.17. The average molecular weight is 365 g/mol. The number of thiazole rings is 1. The molecule has 0 bridgehead atoms. The third kappa shape index (κ3) is 5.07. The Morgan fingerprint density at radius 2 is 2.04 bits per heavy atom. The van der Waals surface area contributed by atoms with Gasteiger partial charge in [0.1, 0.15) is 5.01 Å². The van der Waals surface area contributed by atoms with Gasteiger partial charge >= 0.3 is 0 Å². The maximum atomic E-state index is 12.3. The lowest BCUT2D eigenvalue weighted by Gasteiger charge is -2.17. The van der Waals surface area contributed by atoms with E-state index in [2.05, 4.69) is 11.1 Å². The average Bonchev–Trinajstić information content (AvgIpc) is 2.95. The van der Waals surface area contributed by atoms with Gasteiger partial charge in [0, 0.05) is 20.7 Å². The van der Waals surface area contributed by atoms with E-state index in [9.17, 15) is 10.1 Å². The number of benzene rings is 1. The van der Waals surface area contributed by atoms with Gasteiger partial charge in [0.05, 0.1) is 17.5 Å². The van der Waals surface area contributed by atoms with Crippen molar-refractivity contribution in [3.63, 3.8) is 0 Å². The Balaban J connectivity index is 2.15. The number of thioether (sulfide) groups is 1. The highest BCUT2D eigenvalue weighted by Gasteiger charge is 2.25. The van der Waals surface area contributed by atoms with E-state index in [1.165, 1.54) is 11.3 Å². The Morgan fingerprint density at radius 3 is 2.61 bits per heavy atom. The SMILES string of the molecule is CC(C)(C)SCC(=O)C(C#N)c1nc(-c2ccc(Cl)cc2)cs1. The summed E-state index contributed by atoms with van der Waals surface area (Å²) in [4.78, 5) is 16.8. The van der Waals surface area contributed by atoms with Crippen LogP contribution >= 0.6 is 34.7 Å². The van der Waals surface area contributed by atoms with Gasteiger partial charge in [-0.1, -0.05) is 44.5 Å². The highest BCUT2D eigenvalue weighted by molar-refractivity contribution is 8.01. The van der Waals surface area contributed by atoms with Gasteiger partial charge < -0.3 is 0 Å². The Kier molecular flexibility index (Phi) is 5.85. The van der Waals surface area contributed by atoms with Gasteiger partial charge in [-0.05, 0) is 12.1 Å². The fourth-order valence-electron chi connectivity index (χ4n) is 1.81. The molecule has 6 heteroatoms. The number of halogens is 1. The molecule has 1 aromatic carbocycles. The van der Waals surface area contributed by atoms with Crippen molar-refractivity contribution in [1.29, 1.82) is 5.26 Å². The minimum Gasteiger partial charge on any atom is -0.297 e. The summed E-state index contributed by atoms with van der Waals surface area (Å²) in [5.74, 6) is -0.572. The van der Waals surface area contributed by atoms with Crippen molar-refractivity contribution in [3.05, 3.63) is 39.7 Å². The molecule has 0 saturated carbocycles. The Morgan fingerprint density at radius 1 is 1.39 bits per heavy atom. The minimum absolute atomic E-state index is 0.00693. The van der Waals surface area contributed by atoms with Gasteiger partial charge in [0.25, 0.3) is 0 Å². The van der Waals surface area contributed by atoms with Crippen molar-refractivity contribution >= 4 is 40.5 Å². The van der Waals surface area contributed by atoms with Crippen LogP contribution in [-0.2, 0) is 4.79 Å². The van der Waals surface area contributed by atoms with Gasteiger partial charge in [-0.15, -0.1) is 23.1 Å². The highest BCUT2D eigenvalue weighted by Crippen LogP contribution is 2.30. The zero-order valence-electron chi connectivity index (χ0n) is 13.2. The summed E-state index contributed by atoms with van der Waals surface area (Å²) in [6.45, 7) is 6.15. The van der Waals surface area contributed by atoms with Crippen LogP contribution in [-0.4, -0.2) is 21.3 Å². The molecule has 1 heterocycles. The lowest BCUT2D eigenvalue weighted by molar-refractivity contribution is -0.116. The fraction of sp³-hybridized carbons (Fsp3) is 0.353. The molecule has 1 aromatic heterocycles. The van der Waals surface area contributed by atoms with E-state index >= 15 is 0 Å². The maximum absolute atomic E-state index is 12.3. The van der Waals surface area contributed by atoms with Crippen molar-refractivity contribution in [2.75, 3.05) is 5.75 Å². The van der Waals surface area contributed by atoms with Crippen molar-refractivity contribution in [2.45, 2.75) is 31.4 Å². The molecule has 0 aliphatic rings. The number of nitriles is 1. The summed E-state index contributed by atoms with van der Waals surface area (Å²) in [5.41, 5.74) is 1.68. The normalized spacial score (nSPS) is 12.7. The van der Waals surface area contributed by atoms with Crippen LogP contribution in [0.15, 0.2) is 29.6 Å². The molecule has 23 heavy (non-hydrogen) atoms. The molecule has 0 aliphatic carbocycles. The van der Waals surface area contributed by atoms with E-state index < -0.39 is 5.92 Å². The number of Topliss-reactive ketones (excluding diaryl/α,β-unsaturated/α-hetero) is 1. The van der Waals surface area contributed by atoms with Crippen LogP contribution in [0.5, 0.6) is 0 Å². The molecule has 0 N–H and O–H groups in total. The minimum atomic E-state index is -0.795. The molecule has 0 fully saturated rings. The molecular weight excluding hydrogens is 348 g/mol. The first-order chi connectivity index (χ1) is 10.8. The Hall–Kier alpha value is -1.35. The Labute approximate surface area is 149 Å². The first-order valence-corrected chi connectivity index (χ1v) is 9.32. The smallest absolute Gasteiger partial charge is 0.166 e. The fourth-order valence-corrected chi connectivity index (χ4v) is 3.57. The number of hydrogen-bond acceptors (Lipinski definition) is 5. The van der Waals surface area contributed by atoms with Crippen LogP contribution in [0, 0.1) is 11.3 Å². The number of ketones is 1. The second-order valence-electron chi connectivity index (χ2n) is 6.01. The summed E-state index contributed by atoms with van der Waals surface area (Å²) in [5, 5.41) is 12.4. The van der Waals surface area contributed by atoms with E-state index in [4.69, 9.17) is 11.6 Å². The van der Waals surface area contributed by atoms with Gasteiger partial charge in [-0.2, -0.15) is 5.26 Å². The Bertz CT molecular complexity index is 726. The van der Waals surface area contributed by atoms with Crippen LogP contribution in [0.2, 0.25) is 5.02 Å². The molecule has 0 saturated heterocycles. The second kappa shape index (κ2) is 7.48. The quantitative estimate of drug-likeness (QED) is 0.734. The number of carbonyl (C=O) groups excluding carboxylic acids is 1. The van der Waals surface area contributed by atoms with Gasteiger partial charge in [-0.25, -0.2) is 4.98 Å². The third-order valence-electron chi connectivity index (χ3n) is 3.01. The van der Waals surface area contributed by atoms with Crippen molar-refractivity contribution in [3.8, 4) is 17.3 Å². The van der Waals surface area contributed by atoms with Crippen LogP contribution in [0.3, 0.4) is 0 Å². The largest absolute Gasteiger partial charge is 0.297 e. The molecule has 3 nitrogen and oxygen atoms in total. The summed E-state index contributed by atoms with van der Waals surface area (Å²) < 4.78 is -0.00693. The summed E-state index contributed by atoms with van der Waals surface area (Å²) in [6.07, 6.45) is 0. The first-order valence-electron chi connectivity index (χ1n) is 7.08. The number of hydrogen-bond donors (Lipinski definition) is 0. The standard InChI is InChI=1S/C17H17ClN2OS2/c1-17(2,3)23-10-15(21)13(8-19)16-20-14(9-22-16)11-4-6-12(18)7-5-11/h4-7,9,13H,10H2,1-3H3. The molecule has 0 amide bonds. The van der Waals surface area contributed by atoms with E-state index in [1.807, 2.05) is 38.3 Å². The van der Waals surface area contributed by atoms with Crippen LogP contribution in [0.1, 0.15) is 31.7 Å². The molecule has 2 rings (SSSR count). The van der Waals surface area contributed by atoms with E-state index in [1.54, 1.807) is 23.9 Å². The predicted molar refractivity (Wildman–Crippen MR) is 98.1 cm³/mol. The lowest BCUT2D eigenvalue weighted by Crippen LogP contribution is -2.18. The highest BCUT2D eigenvalue weighted by atomic mass is 35.5. The van der Waals surface area contributed by atoms with Crippen LogP contribution in [0.4, 0.5) is 0 Å². The van der Waals surface area contributed by atoms with E-state index in [0.717, 1.165) is 11.3 Å². The monoisotopic (exact) mass is 364 g/mol. The molecule has 0 radical (unpaired) electrons. The zero-order chi connectivity index (χ0) is 17.0. The zero-order valence-corrected chi connectivity index (χ0v) is 15.6. The molecular formula is C17H17ClN2OS2. The third-order valence-corrected chi connectivity index (χ3v) is 5.46. The summed E-state index contributed by atoms with van der Waals surface area (Å²) in [7, 11) is 0. The van der Waals surface area contributed by atoms with E-state index in [-0.39, 0.29) is 10.5 Å². The van der Waals surface area contributed by atoms with Crippen LogP contribution in [0.25, 0.3) is 11.3 Å². The number of carbonyl (C=O) groups is 1. The second-order valence-corrected chi connectivity index (χ2v) is 9.14. The molecule has 1 unspecified atom stereocenters. The summed E-state index contributed by atoms with van der Waals surface area (Å²) in [6, 6.07) is 9.43. The molecule has 2 aromatic rings. The van der Waals surface area contributed by atoms with Gasteiger partial charge in [-0.3, -0.25) is 4.79 Å². The lowest BCUT2D eigenvalue weighted by atomic mass is 10.1. The number of rotatable bonds is 5. The maximum Gasteiger partial charge on any atom is 0.166 e. The summed E-state index contributed by atoms with van der Waals surface area (Å²) >= 11 is 8.78. The topological polar surface area (TPSA) is 53.8 Å². The van der Waals surface area contributed by atoms with Crippen LogP contribution < -0.4 is 0 Å². The van der Waals surface area contributed by atoms with Crippen molar-refractivity contribution in [1.82, 2.24) is 4.98 Å². The van der Waals surface area contributed by atoms with E-state index in [0.29, 0.717) is 15.8 Å². The van der Waals surface area contributed by atoms with Gasteiger partial charge in [0.15, 0.2) is 11.7 Å². The molecule has 120 valence electrons. The van der Waals surface area contributed by atoms with Crippen molar-refractivity contribution < 1.29 is 4.79 Å².